The Morgan fingerprint density at radius 2 is 0.917 bits per heavy atom. The molecule has 2 fully saturated rings. The molecule has 0 radical (unpaired) electrons. The number of carboxylic acid groups (broad SMARTS) is 4. The molecule has 12 atom stereocenters. The number of phenols is 1. The molecular formula is C68H115N19O20S. The van der Waals surface area contributed by atoms with Gasteiger partial charge < -0.3 is 123 Å². The summed E-state index contributed by atoms with van der Waals surface area (Å²) < 4.78 is 0. The molecule has 1 aromatic rings. The van der Waals surface area contributed by atoms with Gasteiger partial charge in [0.05, 0.1) is 12.5 Å². The number of nitrogens with two attached hydrogens (primary N) is 6. The molecule has 2 heterocycles. The molecule has 608 valence electrons. The number of carboxylic acids is 4. The predicted octanol–water partition coefficient (Wildman–Crippen LogP) is -4.80. The maximum absolute atomic E-state index is 14.7. The zero-order valence-corrected chi connectivity index (χ0v) is 62.6. The molecule has 11 amide bonds. The van der Waals surface area contributed by atoms with Crippen LogP contribution in [0.4, 0.5) is 0 Å². The predicted molar refractivity (Wildman–Crippen MR) is 397 cm³/mol. The number of thiol groups is 1. The molecule has 28 N–H and O–H groups in total. The number of nitrogens with one attached hydrogen (secondary N) is 11. The minimum absolute atomic E-state index is 0.00220. The van der Waals surface area contributed by atoms with Crippen molar-refractivity contribution in [2.45, 2.75) is 235 Å². The van der Waals surface area contributed by atoms with E-state index in [1.807, 2.05) is 0 Å². The summed E-state index contributed by atoms with van der Waals surface area (Å²) >= 11 is 3.99. The van der Waals surface area contributed by atoms with Gasteiger partial charge in [-0.25, -0.2) is 4.79 Å². The summed E-state index contributed by atoms with van der Waals surface area (Å²) in [5.41, 5.74) is 34.8. The first-order valence-corrected chi connectivity index (χ1v) is 37.0. The van der Waals surface area contributed by atoms with Gasteiger partial charge in [-0.3, -0.25) is 72.1 Å². The van der Waals surface area contributed by atoms with Crippen LogP contribution in [0.3, 0.4) is 0 Å². The van der Waals surface area contributed by atoms with Gasteiger partial charge in [-0.1, -0.05) is 26.0 Å². The van der Waals surface area contributed by atoms with E-state index in [9.17, 15) is 87.5 Å². The second-order valence-corrected chi connectivity index (χ2v) is 27.0. The zero-order chi connectivity index (χ0) is 81.0. The first-order valence-electron chi connectivity index (χ1n) is 36.4. The number of aliphatic imine (C=N–C) groups is 1. The highest BCUT2D eigenvalue weighted by molar-refractivity contribution is 7.80. The maximum atomic E-state index is 14.7. The zero-order valence-electron chi connectivity index (χ0n) is 61.7. The molecule has 0 bridgehead atoms. The summed E-state index contributed by atoms with van der Waals surface area (Å²) in [4.78, 5) is 207. The number of nitrogens with zero attached hydrogens (tertiary/aromatic N) is 2. The molecule has 39 nitrogen and oxygen atoms in total. The topological polar surface area (TPSA) is 661 Å². The number of aliphatic carboxylic acids is 4. The van der Waals surface area contributed by atoms with E-state index in [-0.39, 0.29) is 120 Å². The highest BCUT2D eigenvalue weighted by Crippen LogP contribution is 2.22. The number of carbonyl (C=O) groups excluding carboxylic acids is 11. The third-order valence-corrected chi connectivity index (χ3v) is 17.8. The number of phenolic OH excluding ortho intramolecular Hbond substituents is 1. The molecule has 0 aliphatic carbocycles. The van der Waals surface area contributed by atoms with Gasteiger partial charge in [0.1, 0.15) is 72.2 Å². The number of hydrogen-bond acceptors (Lipinski definition) is 23. The van der Waals surface area contributed by atoms with Crippen molar-refractivity contribution < 1.29 is 97.5 Å². The van der Waals surface area contributed by atoms with E-state index < -0.39 is 181 Å². The first-order chi connectivity index (χ1) is 51.2. The number of amides is 11. The Morgan fingerprint density at radius 3 is 1.32 bits per heavy atom. The molecule has 2 aliphatic rings. The smallest absolute Gasteiger partial charge is 0.327 e. The van der Waals surface area contributed by atoms with Gasteiger partial charge in [0.15, 0.2) is 5.96 Å². The Kier molecular flexibility index (Phi) is 45.3. The van der Waals surface area contributed by atoms with Crippen molar-refractivity contribution in [3.05, 3.63) is 29.8 Å². The van der Waals surface area contributed by atoms with Crippen LogP contribution >= 0.6 is 12.6 Å². The van der Waals surface area contributed by atoms with Crippen LogP contribution in [-0.4, -0.2) is 249 Å². The summed E-state index contributed by atoms with van der Waals surface area (Å²) in [6.45, 7) is 5.54. The van der Waals surface area contributed by atoms with Crippen molar-refractivity contribution >= 4 is 107 Å². The Hall–Kier alpha value is -9.51. The van der Waals surface area contributed by atoms with E-state index in [4.69, 9.17) is 44.3 Å². The van der Waals surface area contributed by atoms with E-state index in [1.165, 1.54) is 38.1 Å². The van der Waals surface area contributed by atoms with Gasteiger partial charge >= 0.3 is 17.9 Å². The normalized spacial score (nSPS) is 16.5. The third kappa shape index (κ3) is 36.4. The molecule has 0 spiro atoms. The van der Waals surface area contributed by atoms with Gasteiger partial charge in [-0.2, -0.15) is 12.6 Å². The molecule has 12 unspecified atom stereocenters. The maximum Gasteiger partial charge on any atom is 0.327 e. The Morgan fingerprint density at radius 1 is 0.509 bits per heavy atom. The SMILES string of the molecule is CC(=O)O.CC(C)C(NC(=O)C(CCCCN)NC(=O)C(CCCN=C(N)N)NC(=O)C(CCCCN)NC(=O)C(CCCCN)NC(=O)C(CCCCN)NC(=O)C1CCCN1)C(=O)NC(CCC(=O)O)C(=O)NC(CC(=O)O)C(=O)N1CCCC1C(=O)NC(Cc1ccc(O)cc1)C(=O)NC(CS)C(=O)O. The number of carbonyl (C=O) groups is 15. The van der Waals surface area contributed by atoms with E-state index in [1.54, 1.807) is 0 Å². The lowest BCUT2D eigenvalue weighted by Gasteiger charge is -2.31. The summed E-state index contributed by atoms with van der Waals surface area (Å²) in [5, 5.41) is 75.7. The molecule has 2 saturated heterocycles. The van der Waals surface area contributed by atoms with Crippen LogP contribution in [0.2, 0.25) is 0 Å². The monoisotopic (exact) mass is 1550 g/mol. The van der Waals surface area contributed by atoms with Crippen LogP contribution in [0.1, 0.15) is 161 Å². The lowest BCUT2D eigenvalue weighted by molar-refractivity contribution is -0.146. The van der Waals surface area contributed by atoms with Crippen LogP contribution in [0.15, 0.2) is 29.3 Å². The van der Waals surface area contributed by atoms with Crippen LogP contribution in [-0.2, 0) is 78.3 Å². The number of aromatic hydroxyl groups is 1. The quantitative estimate of drug-likeness (QED) is 0.0126. The standard InChI is InChI=1S/C66H111N19O18S.C2H4O2/c1-37(2)53(63(100)80-46(25-26-51(87)88)59(96)82-48(35-52(89)90)64(101)85-33-13-20-50(85)62(99)81-47(34-38-21-23-39(86)24-22-38)61(98)83-49(36-104)65(102)103)84-60(97)44(17-6-10-30-70)78-58(95)45(19-12-32-74-66(71)72)79-57(94)43(16-5-9-29-69)77-56(93)42(15-4-8-28-68)76-55(92)41(14-3-7-27-67)75-54(91)40-18-11-31-73-40;1-2(3)4/h21-24,37,40-50,53,73,86,104H,3-20,25-36,67-70H2,1-2H3,(H,75,91)(H,76,92)(H,77,93)(H,78,95)(H,79,94)(H,80,100)(H,81,99)(H,82,96)(H,83,98)(H,84,97)(H,87,88)(H,89,90)(H,102,103)(H4,71,72,74);1H3,(H,3,4). The van der Waals surface area contributed by atoms with Crippen LogP contribution < -0.4 is 92.9 Å². The van der Waals surface area contributed by atoms with Crippen LogP contribution in [0.25, 0.3) is 0 Å². The van der Waals surface area contributed by atoms with Crippen LogP contribution in [0, 0.1) is 5.92 Å². The highest BCUT2D eigenvalue weighted by Gasteiger charge is 2.42. The lowest BCUT2D eigenvalue weighted by atomic mass is 10.00. The molecule has 3 rings (SSSR count). The summed E-state index contributed by atoms with van der Waals surface area (Å²) in [7, 11) is 0. The highest BCUT2D eigenvalue weighted by atomic mass is 32.1. The van der Waals surface area contributed by atoms with E-state index in [0.717, 1.165) is 18.2 Å². The summed E-state index contributed by atoms with van der Waals surface area (Å²) in [6.07, 6.45) is 2.08. The third-order valence-electron chi connectivity index (χ3n) is 17.4. The summed E-state index contributed by atoms with van der Waals surface area (Å²) in [6, 6.07) is -11.2. The Bertz CT molecular complexity index is 3140. The van der Waals surface area contributed by atoms with Crippen molar-refractivity contribution in [2.24, 2.45) is 45.3 Å². The molecule has 0 saturated carbocycles. The fourth-order valence-electron chi connectivity index (χ4n) is 11.6. The number of guanidine groups is 1. The minimum atomic E-state index is -1.96. The number of benzene rings is 1. The average molecular weight is 1550 g/mol. The molecule has 0 aromatic heterocycles. The molecule has 108 heavy (non-hydrogen) atoms. The number of hydrogen-bond donors (Lipinski definition) is 23. The van der Waals surface area contributed by atoms with E-state index in [2.05, 4.69) is 76.1 Å². The fraction of sp³-hybridized carbons (Fsp3) is 0.676. The molecular weight excluding hydrogens is 1430 g/mol. The summed E-state index contributed by atoms with van der Waals surface area (Å²) in [5.74, 6) is -16.6. The molecule has 40 heteroatoms. The van der Waals surface area contributed by atoms with Crippen molar-refractivity contribution in [2.75, 3.05) is 51.6 Å². The number of unbranched alkanes of at least 4 members (excludes halogenated alkanes) is 4. The van der Waals surface area contributed by atoms with Gasteiger partial charge in [-0.15, -0.1) is 0 Å². The van der Waals surface area contributed by atoms with Crippen molar-refractivity contribution in [3.8, 4) is 5.75 Å². The van der Waals surface area contributed by atoms with E-state index >= 15 is 0 Å². The van der Waals surface area contributed by atoms with Gasteiger partial charge in [-0.05, 0) is 178 Å². The first kappa shape index (κ1) is 94.6. The lowest BCUT2D eigenvalue weighted by Crippen LogP contribution is -2.61. The minimum Gasteiger partial charge on any atom is -0.508 e. The second-order valence-electron chi connectivity index (χ2n) is 26.6. The van der Waals surface area contributed by atoms with E-state index in [0.29, 0.717) is 70.0 Å². The van der Waals surface area contributed by atoms with Crippen LogP contribution in [0.5, 0.6) is 5.75 Å². The van der Waals surface area contributed by atoms with Gasteiger partial charge in [0, 0.05) is 38.6 Å². The Balaban J connectivity index is 0.00000964. The Labute approximate surface area is 632 Å². The average Bonchev–Trinajstić information content (AvgIpc) is 1.60. The molecule has 2 aliphatic heterocycles. The van der Waals surface area contributed by atoms with Crippen molar-refractivity contribution in [3.63, 3.8) is 0 Å². The fourth-order valence-corrected chi connectivity index (χ4v) is 11.9. The van der Waals surface area contributed by atoms with Gasteiger partial charge in [0.2, 0.25) is 65.0 Å². The number of likely N-dealkylation sites (tertiary alicyclic amines) is 1. The number of rotatable bonds is 51. The van der Waals surface area contributed by atoms with Crippen molar-refractivity contribution in [1.29, 1.82) is 0 Å². The largest absolute Gasteiger partial charge is 0.508 e. The van der Waals surface area contributed by atoms with Gasteiger partial charge in [0.25, 0.3) is 5.97 Å². The second kappa shape index (κ2) is 51.7. The van der Waals surface area contributed by atoms with Crippen molar-refractivity contribution in [1.82, 2.24) is 63.4 Å². The molecule has 1 aromatic carbocycles.